The molecule has 0 bridgehead atoms. The maximum Gasteiger partial charge on any atom is 0.323 e. The van der Waals surface area contributed by atoms with E-state index in [2.05, 4.69) is 21.2 Å². The summed E-state index contributed by atoms with van der Waals surface area (Å²) in [4.78, 5) is 23.1. The van der Waals surface area contributed by atoms with Crippen molar-refractivity contribution in [2.75, 3.05) is 18.9 Å². The largest absolute Gasteiger partial charge is 0.480 e. The zero-order chi connectivity index (χ0) is 13.0. The number of nitrogens with zero attached hydrogens (tertiary/aromatic N) is 1. The van der Waals surface area contributed by atoms with E-state index in [4.69, 9.17) is 16.7 Å². The lowest BCUT2D eigenvalue weighted by atomic mass is 10.3. The maximum absolute atomic E-state index is 11.6. The number of anilines is 1. The molecule has 0 saturated heterocycles. The molecule has 0 aliphatic carbocycles. The smallest absolute Gasteiger partial charge is 0.323 e. The molecule has 0 aromatic heterocycles. The van der Waals surface area contributed by atoms with E-state index in [1.807, 2.05) is 0 Å². The number of likely N-dealkylation sites (N-methyl/N-ethyl adjacent to an activating group) is 1. The molecule has 2 amide bonds. The molecule has 0 heterocycles. The minimum Gasteiger partial charge on any atom is -0.480 e. The van der Waals surface area contributed by atoms with Crippen molar-refractivity contribution in [3.63, 3.8) is 0 Å². The molecular formula is C10H10BrClN2O3. The van der Waals surface area contributed by atoms with Crippen molar-refractivity contribution in [3.05, 3.63) is 27.7 Å². The topological polar surface area (TPSA) is 69.6 Å². The van der Waals surface area contributed by atoms with E-state index in [9.17, 15) is 9.59 Å². The Kier molecular flexibility index (Phi) is 4.77. The third-order valence-electron chi connectivity index (χ3n) is 1.91. The Labute approximate surface area is 111 Å². The van der Waals surface area contributed by atoms with Gasteiger partial charge in [0.15, 0.2) is 0 Å². The Hall–Kier alpha value is -1.27. The standard InChI is InChI=1S/C10H10BrClN2O3/c1-14(5-8(15)16)10(17)13-7-4-2-3-6(12)9(7)11/h2-4H,5H2,1H3,(H,13,17)(H,15,16). The summed E-state index contributed by atoms with van der Waals surface area (Å²) in [6, 6.07) is 4.49. The van der Waals surface area contributed by atoms with Crippen molar-refractivity contribution in [2.24, 2.45) is 0 Å². The zero-order valence-corrected chi connectivity index (χ0v) is 11.2. The lowest BCUT2D eigenvalue weighted by Gasteiger charge is -2.16. The van der Waals surface area contributed by atoms with Crippen LogP contribution in [-0.2, 0) is 4.79 Å². The first-order valence-electron chi connectivity index (χ1n) is 4.59. The molecule has 0 aliphatic heterocycles. The average Bonchev–Trinajstić information content (AvgIpc) is 2.23. The van der Waals surface area contributed by atoms with Crippen molar-refractivity contribution in [1.82, 2.24) is 4.90 Å². The molecule has 92 valence electrons. The first-order valence-corrected chi connectivity index (χ1v) is 5.77. The number of benzene rings is 1. The second-order valence-corrected chi connectivity index (χ2v) is 4.48. The number of halogens is 2. The quantitative estimate of drug-likeness (QED) is 0.899. The third kappa shape index (κ3) is 3.90. The Bertz CT molecular complexity index is 453. The lowest BCUT2D eigenvalue weighted by Crippen LogP contribution is -2.35. The number of hydrogen-bond donors (Lipinski definition) is 2. The third-order valence-corrected chi connectivity index (χ3v) is 3.31. The molecule has 17 heavy (non-hydrogen) atoms. The average molecular weight is 322 g/mol. The number of amides is 2. The number of hydrogen-bond acceptors (Lipinski definition) is 2. The Morgan fingerprint density at radius 2 is 2.18 bits per heavy atom. The fourth-order valence-electron chi connectivity index (χ4n) is 1.09. The number of carbonyl (C=O) groups is 2. The van der Waals surface area contributed by atoms with Crippen molar-refractivity contribution < 1.29 is 14.7 Å². The van der Waals surface area contributed by atoms with E-state index in [-0.39, 0.29) is 6.54 Å². The summed E-state index contributed by atoms with van der Waals surface area (Å²) in [5.41, 5.74) is 0.486. The van der Waals surface area contributed by atoms with Crippen LogP contribution in [0.3, 0.4) is 0 Å². The Morgan fingerprint density at radius 3 is 2.76 bits per heavy atom. The molecule has 5 nitrogen and oxygen atoms in total. The number of carboxylic acids is 1. The van der Waals surface area contributed by atoms with Crippen molar-refractivity contribution in [3.8, 4) is 0 Å². The Balaban J connectivity index is 2.74. The highest BCUT2D eigenvalue weighted by atomic mass is 79.9. The summed E-state index contributed by atoms with van der Waals surface area (Å²) in [7, 11) is 1.39. The van der Waals surface area contributed by atoms with E-state index in [0.29, 0.717) is 15.2 Å². The van der Waals surface area contributed by atoms with Crippen LogP contribution < -0.4 is 5.32 Å². The van der Waals surface area contributed by atoms with Crippen LogP contribution in [0.1, 0.15) is 0 Å². The van der Waals surface area contributed by atoms with Crippen molar-refractivity contribution >= 4 is 45.2 Å². The van der Waals surface area contributed by atoms with Gasteiger partial charge in [-0.05, 0) is 28.1 Å². The summed E-state index contributed by atoms with van der Waals surface area (Å²) in [5, 5.41) is 11.6. The molecule has 0 unspecified atom stereocenters. The van der Waals surface area contributed by atoms with Gasteiger partial charge in [-0.15, -0.1) is 0 Å². The molecule has 0 radical (unpaired) electrons. The van der Waals surface area contributed by atoms with Crippen molar-refractivity contribution in [2.45, 2.75) is 0 Å². The fraction of sp³-hybridized carbons (Fsp3) is 0.200. The number of aliphatic carboxylic acids is 1. The van der Waals surface area contributed by atoms with Gasteiger partial charge in [0.05, 0.1) is 15.2 Å². The minimum atomic E-state index is -1.08. The van der Waals surface area contributed by atoms with Crippen LogP contribution in [0.5, 0.6) is 0 Å². The van der Waals surface area contributed by atoms with Gasteiger partial charge in [0.1, 0.15) is 6.54 Å². The van der Waals surface area contributed by atoms with Gasteiger partial charge in [-0.2, -0.15) is 0 Å². The number of carbonyl (C=O) groups excluding carboxylic acids is 1. The van der Waals surface area contributed by atoms with Crippen LogP contribution in [0.15, 0.2) is 22.7 Å². The van der Waals surface area contributed by atoms with Crippen molar-refractivity contribution in [1.29, 1.82) is 0 Å². The van der Waals surface area contributed by atoms with Gasteiger partial charge in [-0.1, -0.05) is 17.7 Å². The molecule has 0 aliphatic rings. The van der Waals surface area contributed by atoms with Crippen LogP contribution in [0.2, 0.25) is 5.02 Å². The minimum absolute atomic E-state index is 0.371. The highest BCUT2D eigenvalue weighted by molar-refractivity contribution is 9.10. The first-order chi connectivity index (χ1) is 7.91. The summed E-state index contributed by atoms with van der Waals surface area (Å²) >= 11 is 9.08. The molecule has 0 atom stereocenters. The first kappa shape index (κ1) is 13.8. The molecule has 1 rings (SSSR count). The lowest BCUT2D eigenvalue weighted by molar-refractivity contribution is -0.137. The number of nitrogens with one attached hydrogen (secondary N) is 1. The van der Waals surface area contributed by atoms with Crippen LogP contribution in [0.25, 0.3) is 0 Å². The molecule has 0 spiro atoms. The zero-order valence-electron chi connectivity index (χ0n) is 8.91. The maximum atomic E-state index is 11.6. The predicted molar refractivity (Wildman–Crippen MR) is 68.4 cm³/mol. The van der Waals surface area contributed by atoms with Crippen LogP contribution in [0, 0.1) is 0 Å². The molecular weight excluding hydrogens is 311 g/mol. The normalized spacial score (nSPS) is 9.82. The van der Waals surface area contributed by atoms with Gasteiger partial charge < -0.3 is 15.3 Å². The summed E-state index contributed by atoms with van der Waals surface area (Å²) in [6.45, 7) is -0.371. The van der Waals surface area contributed by atoms with E-state index in [0.717, 1.165) is 4.90 Å². The van der Waals surface area contributed by atoms with Crippen LogP contribution >= 0.6 is 27.5 Å². The highest BCUT2D eigenvalue weighted by Gasteiger charge is 2.13. The Morgan fingerprint density at radius 1 is 1.53 bits per heavy atom. The predicted octanol–water partition coefficient (Wildman–Crippen LogP) is 2.65. The SMILES string of the molecule is CN(CC(=O)O)C(=O)Nc1cccc(Cl)c1Br. The van der Waals surface area contributed by atoms with Gasteiger partial charge in [-0.25, -0.2) is 4.79 Å². The van der Waals surface area contributed by atoms with Crippen LogP contribution in [0.4, 0.5) is 10.5 Å². The number of carboxylic acid groups (broad SMARTS) is 1. The molecule has 0 fully saturated rings. The highest BCUT2D eigenvalue weighted by Crippen LogP contribution is 2.30. The molecule has 7 heteroatoms. The molecule has 0 saturated carbocycles. The molecule has 2 N–H and O–H groups in total. The second kappa shape index (κ2) is 5.88. The van der Waals surface area contributed by atoms with E-state index < -0.39 is 12.0 Å². The summed E-state index contributed by atoms with van der Waals surface area (Å²) in [5.74, 6) is -1.08. The van der Waals surface area contributed by atoms with Gasteiger partial charge >= 0.3 is 12.0 Å². The number of rotatable bonds is 3. The summed E-state index contributed by atoms with van der Waals surface area (Å²) in [6.07, 6.45) is 0. The van der Waals surface area contributed by atoms with Crippen LogP contribution in [-0.4, -0.2) is 35.6 Å². The number of urea groups is 1. The van der Waals surface area contributed by atoms with Gasteiger partial charge in [0.25, 0.3) is 0 Å². The van der Waals surface area contributed by atoms with E-state index in [1.165, 1.54) is 7.05 Å². The van der Waals surface area contributed by atoms with Gasteiger partial charge in [0.2, 0.25) is 0 Å². The molecule has 1 aromatic rings. The van der Waals surface area contributed by atoms with Gasteiger partial charge in [0, 0.05) is 7.05 Å². The second-order valence-electron chi connectivity index (χ2n) is 3.28. The monoisotopic (exact) mass is 320 g/mol. The van der Waals surface area contributed by atoms with E-state index >= 15 is 0 Å². The summed E-state index contributed by atoms with van der Waals surface area (Å²) < 4.78 is 0.554. The molecule has 1 aromatic carbocycles. The fourth-order valence-corrected chi connectivity index (χ4v) is 1.62. The van der Waals surface area contributed by atoms with Gasteiger partial charge in [-0.3, -0.25) is 4.79 Å². The van der Waals surface area contributed by atoms with E-state index in [1.54, 1.807) is 18.2 Å².